The summed E-state index contributed by atoms with van der Waals surface area (Å²) in [6.07, 6.45) is 0.845. The summed E-state index contributed by atoms with van der Waals surface area (Å²) in [6.45, 7) is 0. The van der Waals surface area contributed by atoms with Gasteiger partial charge in [0.05, 0.1) is 11.6 Å². The topological polar surface area (TPSA) is 90.2 Å². The minimum absolute atomic E-state index is 0.0795. The molecule has 1 atom stereocenters. The Morgan fingerprint density at radius 3 is 2.42 bits per heavy atom. The molecule has 2 aromatic carbocycles. The van der Waals surface area contributed by atoms with Gasteiger partial charge in [0, 0.05) is 12.8 Å². The Kier molecular flexibility index (Phi) is 6.09. The number of benzene rings is 2. The van der Waals surface area contributed by atoms with Gasteiger partial charge in [-0.15, -0.1) is 0 Å². The van der Waals surface area contributed by atoms with Crippen molar-refractivity contribution in [2.75, 3.05) is 0 Å². The number of carboxylic acid groups (broad SMARTS) is 1. The number of carboxylic acids is 1. The third-order valence-corrected chi connectivity index (χ3v) is 3.68. The van der Waals surface area contributed by atoms with Crippen molar-refractivity contribution in [3.8, 4) is 6.07 Å². The summed E-state index contributed by atoms with van der Waals surface area (Å²) in [5.74, 6) is -1.43. The average molecular weight is 322 g/mol. The van der Waals surface area contributed by atoms with E-state index >= 15 is 0 Å². The molecule has 1 amide bonds. The molecule has 0 heterocycles. The molecule has 0 unspecified atom stereocenters. The van der Waals surface area contributed by atoms with Gasteiger partial charge < -0.3 is 10.4 Å². The Balaban J connectivity index is 1.97. The van der Waals surface area contributed by atoms with E-state index in [-0.39, 0.29) is 18.7 Å². The minimum atomic E-state index is -1.11. The van der Waals surface area contributed by atoms with E-state index in [0.717, 1.165) is 5.56 Å². The van der Waals surface area contributed by atoms with Gasteiger partial charge in [-0.1, -0.05) is 48.5 Å². The van der Waals surface area contributed by atoms with Crippen molar-refractivity contribution in [3.05, 3.63) is 71.3 Å². The van der Waals surface area contributed by atoms with Gasteiger partial charge in [0.2, 0.25) is 5.91 Å². The normalized spacial score (nSPS) is 11.3. The van der Waals surface area contributed by atoms with Crippen molar-refractivity contribution in [2.45, 2.75) is 25.3 Å². The van der Waals surface area contributed by atoms with Crippen molar-refractivity contribution in [2.24, 2.45) is 0 Å². The second kappa shape index (κ2) is 8.49. The number of aryl methyl sites for hydroxylation is 1. The molecule has 2 N–H and O–H groups in total. The van der Waals surface area contributed by atoms with Crippen molar-refractivity contribution in [1.82, 2.24) is 5.32 Å². The lowest BCUT2D eigenvalue weighted by Crippen LogP contribution is -2.42. The molecule has 5 heteroatoms. The Morgan fingerprint density at radius 1 is 1.08 bits per heavy atom. The van der Waals surface area contributed by atoms with Crippen LogP contribution in [-0.4, -0.2) is 23.0 Å². The van der Waals surface area contributed by atoms with Crippen LogP contribution in [0, 0.1) is 11.3 Å². The predicted octanol–water partition coefficient (Wildman–Crippen LogP) is 2.30. The molecule has 5 nitrogen and oxygen atoms in total. The largest absolute Gasteiger partial charge is 0.480 e. The van der Waals surface area contributed by atoms with Crippen LogP contribution in [0.4, 0.5) is 0 Å². The van der Waals surface area contributed by atoms with Gasteiger partial charge in [0.1, 0.15) is 6.04 Å². The number of rotatable bonds is 7. The van der Waals surface area contributed by atoms with E-state index in [1.165, 1.54) is 0 Å². The molecule has 0 aliphatic carbocycles. The molecule has 0 bridgehead atoms. The molecule has 0 aromatic heterocycles. The smallest absolute Gasteiger partial charge is 0.326 e. The average Bonchev–Trinajstić information content (AvgIpc) is 2.60. The molecule has 0 saturated heterocycles. The van der Waals surface area contributed by atoms with Crippen LogP contribution in [-0.2, 0) is 22.4 Å². The number of hydrogen-bond acceptors (Lipinski definition) is 3. The monoisotopic (exact) mass is 322 g/mol. The van der Waals surface area contributed by atoms with Crippen LogP contribution in [0.2, 0.25) is 0 Å². The van der Waals surface area contributed by atoms with Gasteiger partial charge >= 0.3 is 5.97 Å². The highest BCUT2D eigenvalue weighted by Crippen LogP contribution is 2.11. The van der Waals surface area contributed by atoms with Crippen LogP contribution < -0.4 is 5.32 Å². The van der Waals surface area contributed by atoms with Crippen LogP contribution in [0.5, 0.6) is 0 Å². The summed E-state index contributed by atoms with van der Waals surface area (Å²) in [6, 6.07) is 17.3. The predicted molar refractivity (Wildman–Crippen MR) is 89.2 cm³/mol. The fourth-order valence-corrected chi connectivity index (χ4v) is 2.40. The maximum absolute atomic E-state index is 12.0. The Labute approximate surface area is 140 Å². The van der Waals surface area contributed by atoms with Crippen LogP contribution in [0.3, 0.4) is 0 Å². The van der Waals surface area contributed by atoms with Gasteiger partial charge in [0.15, 0.2) is 0 Å². The maximum Gasteiger partial charge on any atom is 0.326 e. The summed E-state index contributed by atoms with van der Waals surface area (Å²) >= 11 is 0. The van der Waals surface area contributed by atoms with E-state index in [4.69, 9.17) is 5.26 Å². The second-order valence-electron chi connectivity index (χ2n) is 5.42. The Morgan fingerprint density at radius 2 is 1.75 bits per heavy atom. The number of hydrogen-bond donors (Lipinski definition) is 2. The first-order valence-corrected chi connectivity index (χ1v) is 7.64. The van der Waals surface area contributed by atoms with E-state index in [0.29, 0.717) is 17.5 Å². The SMILES string of the molecule is N#Cc1ccccc1C[C@H](NC(=O)CCc1ccccc1)C(=O)O. The molecule has 0 aliphatic heterocycles. The van der Waals surface area contributed by atoms with E-state index in [1.54, 1.807) is 24.3 Å². The van der Waals surface area contributed by atoms with Crippen molar-refractivity contribution in [3.63, 3.8) is 0 Å². The summed E-state index contributed by atoms with van der Waals surface area (Å²) in [7, 11) is 0. The molecule has 0 spiro atoms. The zero-order valence-corrected chi connectivity index (χ0v) is 13.1. The number of aliphatic carboxylic acids is 1. The third kappa shape index (κ3) is 4.96. The van der Waals surface area contributed by atoms with E-state index in [1.807, 2.05) is 36.4 Å². The number of nitrogens with one attached hydrogen (secondary N) is 1. The molecule has 0 aliphatic rings. The number of carbonyl (C=O) groups is 2. The van der Waals surface area contributed by atoms with E-state index in [2.05, 4.69) is 5.32 Å². The zero-order valence-electron chi connectivity index (χ0n) is 13.1. The second-order valence-corrected chi connectivity index (χ2v) is 5.42. The molecule has 0 fully saturated rings. The quantitative estimate of drug-likeness (QED) is 0.818. The third-order valence-electron chi connectivity index (χ3n) is 3.68. The Hall–Kier alpha value is -3.13. The minimum Gasteiger partial charge on any atom is -0.480 e. The number of nitriles is 1. The highest BCUT2D eigenvalue weighted by molar-refractivity contribution is 5.83. The lowest BCUT2D eigenvalue weighted by Gasteiger charge is -2.15. The zero-order chi connectivity index (χ0) is 17.4. The lowest BCUT2D eigenvalue weighted by molar-refractivity contribution is -0.141. The standard InChI is InChI=1S/C19H18N2O3/c20-13-16-9-5-4-8-15(16)12-17(19(23)24)21-18(22)11-10-14-6-2-1-3-7-14/h1-9,17H,10-12H2,(H,21,22)(H,23,24)/t17-/m0/s1. The van der Waals surface area contributed by atoms with Gasteiger partial charge in [-0.25, -0.2) is 4.79 Å². The highest BCUT2D eigenvalue weighted by atomic mass is 16.4. The van der Waals surface area contributed by atoms with Crippen LogP contribution >= 0.6 is 0 Å². The number of nitrogens with zero attached hydrogens (tertiary/aromatic N) is 1. The number of carbonyl (C=O) groups excluding carboxylic acids is 1. The molecule has 2 aromatic rings. The molecule has 24 heavy (non-hydrogen) atoms. The van der Waals surface area contributed by atoms with Gasteiger partial charge in [-0.3, -0.25) is 4.79 Å². The first-order valence-electron chi connectivity index (χ1n) is 7.64. The first-order chi connectivity index (χ1) is 11.6. The molecule has 2 rings (SSSR count). The molecular weight excluding hydrogens is 304 g/mol. The fourth-order valence-electron chi connectivity index (χ4n) is 2.40. The van der Waals surface area contributed by atoms with Crippen molar-refractivity contribution < 1.29 is 14.7 Å². The summed E-state index contributed by atoms with van der Waals surface area (Å²) < 4.78 is 0. The van der Waals surface area contributed by atoms with E-state index in [9.17, 15) is 14.7 Å². The van der Waals surface area contributed by atoms with E-state index < -0.39 is 12.0 Å². The summed E-state index contributed by atoms with van der Waals surface area (Å²) in [4.78, 5) is 23.5. The molecule has 0 radical (unpaired) electrons. The Bertz CT molecular complexity index is 751. The fraction of sp³-hybridized carbons (Fsp3) is 0.211. The summed E-state index contributed by atoms with van der Waals surface area (Å²) in [5, 5.41) is 21.0. The molecule has 0 saturated carbocycles. The van der Waals surface area contributed by atoms with Crippen molar-refractivity contribution in [1.29, 1.82) is 5.26 Å². The maximum atomic E-state index is 12.0. The van der Waals surface area contributed by atoms with Gasteiger partial charge in [-0.2, -0.15) is 5.26 Å². The lowest BCUT2D eigenvalue weighted by atomic mass is 10.0. The highest BCUT2D eigenvalue weighted by Gasteiger charge is 2.21. The van der Waals surface area contributed by atoms with Gasteiger partial charge in [0.25, 0.3) is 0 Å². The number of amides is 1. The van der Waals surface area contributed by atoms with Gasteiger partial charge in [-0.05, 0) is 23.6 Å². The first kappa shape index (κ1) is 17.2. The van der Waals surface area contributed by atoms with Crippen molar-refractivity contribution >= 4 is 11.9 Å². The summed E-state index contributed by atoms with van der Waals surface area (Å²) in [5.41, 5.74) is 2.05. The van der Waals surface area contributed by atoms with Crippen LogP contribution in [0.15, 0.2) is 54.6 Å². The molecular formula is C19H18N2O3. The van der Waals surface area contributed by atoms with Crippen LogP contribution in [0.1, 0.15) is 23.1 Å². The van der Waals surface area contributed by atoms with Crippen LogP contribution in [0.25, 0.3) is 0 Å². The molecule has 122 valence electrons.